The summed E-state index contributed by atoms with van der Waals surface area (Å²) in [6, 6.07) is 8.72. The summed E-state index contributed by atoms with van der Waals surface area (Å²) >= 11 is 1.22. The van der Waals surface area contributed by atoms with Crippen LogP contribution >= 0.6 is 11.8 Å². The third kappa shape index (κ3) is 4.94. The topological polar surface area (TPSA) is 64.4 Å². The molecule has 1 aliphatic rings. The van der Waals surface area contributed by atoms with Crippen LogP contribution in [0.2, 0.25) is 0 Å². The van der Waals surface area contributed by atoms with Gasteiger partial charge in [0.1, 0.15) is 11.6 Å². The smallest absolute Gasteiger partial charge is 0.243 e. The quantitative estimate of drug-likeness (QED) is 0.399. The molecule has 1 saturated heterocycles. The van der Waals surface area contributed by atoms with Crippen LogP contribution < -0.4 is 0 Å². The van der Waals surface area contributed by atoms with Crippen molar-refractivity contribution in [3.05, 3.63) is 53.6 Å². The standard InChI is InChI=1S/C23H27F2N3O3S2/c1-3-27(4-2)33(29,30)17-10-11-22-21(13-17)26-23(28(22)14-16-7-6-12-31-16)32-15-18-19(24)8-5-9-20(18)25/h5,8-11,13,16H,3-4,6-7,12,14-15H2,1-2H3. The fraction of sp³-hybridized carbons (Fsp3) is 0.435. The van der Waals surface area contributed by atoms with Gasteiger partial charge in [-0.1, -0.05) is 31.7 Å². The number of rotatable bonds is 9. The number of halogens is 2. The average Bonchev–Trinajstić information content (AvgIpc) is 3.42. The van der Waals surface area contributed by atoms with Crippen molar-refractivity contribution < 1.29 is 21.9 Å². The first kappa shape index (κ1) is 24.1. The molecule has 3 aromatic rings. The zero-order chi connectivity index (χ0) is 23.6. The molecule has 1 fully saturated rings. The van der Waals surface area contributed by atoms with Crippen molar-refractivity contribution in [2.45, 2.75) is 55.1 Å². The molecule has 0 spiro atoms. The predicted molar refractivity (Wildman–Crippen MR) is 125 cm³/mol. The van der Waals surface area contributed by atoms with Gasteiger partial charge in [0.25, 0.3) is 0 Å². The number of aromatic nitrogens is 2. The van der Waals surface area contributed by atoms with Gasteiger partial charge in [0, 0.05) is 31.0 Å². The third-order valence-electron chi connectivity index (χ3n) is 5.85. The summed E-state index contributed by atoms with van der Waals surface area (Å²) in [7, 11) is -3.63. The van der Waals surface area contributed by atoms with Crippen LogP contribution in [-0.2, 0) is 27.1 Å². The van der Waals surface area contributed by atoms with Crippen molar-refractivity contribution in [1.82, 2.24) is 13.9 Å². The number of ether oxygens (including phenoxy) is 1. The summed E-state index contributed by atoms with van der Waals surface area (Å²) in [5, 5.41) is 0.570. The summed E-state index contributed by atoms with van der Waals surface area (Å²) in [5.74, 6) is -1.13. The van der Waals surface area contributed by atoms with Crippen LogP contribution in [-0.4, -0.2) is 48.1 Å². The van der Waals surface area contributed by atoms with E-state index in [-0.39, 0.29) is 22.3 Å². The second-order valence-electron chi connectivity index (χ2n) is 7.87. The molecule has 0 saturated carbocycles. The highest BCUT2D eigenvalue weighted by atomic mass is 32.2. The van der Waals surface area contributed by atoms with E-state index in [1.807, 2.05) is 4.57 Å². The molecule has 0 N–H and O–H groups in total. The zero-order valence-electron chi connectivity index (χ0n) is 18.6. The summed E-state index contributed by atoms with van der Waals surface area (Å²) in [6.07, 6.45) is 1.91. The molecule has 178 valence electrons. The van der Waals surface area contributed by atoms with E-state index in [0.29, 0.717) is 36.9 Å². The Morgan fingerprint density at radius 2 is 1.91 bits per heavy atom. The van der Waals surface area contributed by atoms with Gasteiger partial charge < -0.3 is 9.30 Å². The normalized spacial score (nSPS) is 16.8. The highest BCUT2D eigenvalue weighted by Crippen LogP contribution is 2.31. The average molecular weight is 496 g/mol. The number of nitrogens with zero attached hydrogens (tertiary/aromatic N) is 3. The lowest BCUT2D eigenvalue weighted by atomic mass is 10.2. The van der Waals surface area contributed by atoms with Gasteiger partial charge in [-0.2, -0.15) is 4.31 Å². The number of hydrogen-bond acceptors (Lipinski definition) is 5. The van der Waals surface area contributed by atoms with Crippen LogP contribution in [0.5, 0.6) is 0 Å². The van der Waals surface area contributed by atoms with Crippen molar-refractivity contribution in [2.24, 2.45) is 0 Å². The molecule has 1 atom stereocenters. The highest BCUT2D eigenvalue weighted by molar-refractivity contribution is 7.98. The molecular formula is C23H27F2N3O3S2. The SMILES string of the molecule is CCN(CC)S(=O)(=O)c1ccc2c(c1)nc(SCc1c(F)cccc1F)n2CC1CCCO1. The summed E-state index contributed by atoms with van der Waals surface area (Å²) < 4.78 is 63.4. The van der Waals surface area contributed by atoms with Crippen molar-refractivity contribution in [3.63, 3.8) is 0 Å². The molecule has 33 heavy (non-hydrogen) atoms. The zero-order valence-corrected chi connectivity index (χ0v) is 20.3. The minimum Gasteiger partial charge on any atom is -0.376 e. The number of fused-ring (bicyclic) bond motifs is 1. The van der Waals surface area contributed by atoms with E-state index in [1.54, 1.807) is 32.0 Å². The minimum atomic E-state index is -3.63. The van der Waals surface area contributed by atoms with Gasteiger partial charge in [-0.3, -0.25) is 0 Å². The Labute approximate surface area is 197 Å². The lowest BCUT2D eigenvalue weighted by Crippen LogP contribution is -2.30. The molecule has 10 heteroatoms. The van der Waals surface area contributed by atoms with Gasteiger partial charge in [0.2, 0.25) is 10.0 Å². The maximum Gasteiger partial charge on any atom is 0.243 e. The lowest BCUT2D eigenvalue weighted by molar-refractivity contribution is 0.0960. The number of imidazole rings is 1. The molecule has 4 rings (SSSR count). The van der Waals surface area contributed by atoms with Crippen LogP contribution in [0.4, 0.5) is 8.78 Å². The number of sulfonamides is 1. The number of benzene rings is 2. The Morgan fingerprint density at radius 3 is 2.55 bits per heavy atom. The maximum atomic E-state index is 14.1. The molecule has 0 radical (unpaired) electrons. The van der Waals surface area contributed by atoms with Crippen LogP contribution in [0, 0.1) is 11.6 Å². The predicted octanol–water partition coefficient (Wildman–Crippen LogP) is 4.82. The van der Waals surface area contributed by atoms with E-state index in [1.165, 1.54) is 34.3 Å². The Bertz CT molecular complexity index is 1220. The van der Waals surface area contributed by atoms with E-state index >= 15 is 0 Å². The van der Waals surface area contributed by atoms with Gasteiger partial charge in [0.05, 0.1) is 28.6 Å². The Hall–Kier alpha value is -2.01. The largest absolute Gasteiger partial charge is 0.376 e. The molecule has 0 amide bonds. The molecule has 1 aromatic heterocycles. The third-order valence-corrected chi connectivity index (χ3v) is 8.89. The number of thioether (sulfide) groups is 1. The van der Waals surface area contributed by atoms with E-state index in [4.69, 9.17) is 4.74 Å². The fourth-order valence-electron chi connectivity index (χ4n) is 4.05. The summed E-state index contributed by atoms with van der Waals surface area (Å²) in [6.45, 7) is 5.59. The lowest BCUT2D eigenvalue weighted by Gasteiger charge is -2.18. The number of hydrogen-bond donors (Lipinski definition) is 0. The fourth-order valence-corrected chi connectivity index (χ4v) is 6.57. The first-order valence-electron chi connectivity index (χ1n) is 11.0. The van der Waals surface area contributed by atoms with Gasteiger partial charge in [-0.25, -0.2) is 22.2 Å². The van der Waals surface area contributed by atoms with Crippen LogP contribution in [0.3, 0.4) is 0 Å². The van der Waals surface area contributed by atoms with E-state index < -0.39 is 21.7 Å². The van der Waals surface area contributed by atoms with Crippen molar-refractivity contribution in [1.29, 1.82) is 0 Å². The van der Waals surface area contributed by atoms with Crippen LogP contribution in [0.15, 0.2) is 46.5 Å². The second kappa shape index (κ2) is 10.1. The molecule has 1 unspecified atom stereocenters. The Morgan fingerprint density at radius 1 is 1.18 bits per heavy atom. The van der Waals surface area contributed by atoms with Crippen molar-refractivity contribution >= 4 is 32.8 Å². The molecule has 0 bridgehead atoms. The van der Waals surface area contributed by atoms with E-state index in [2.05, 4.69) is 4.98 Å². The molecule has 2 aromatic carbocycles. The molecule has 0 aliphatic carbocycles. The van der Waals surface area contributed by atoms with Gasteiger partial charge >= 0.3 is 0 Å². The van der Waals surface area contributed by atoms with Gasteiger partial charge in [0.15, 0.2) is 5.16 Å². The van der Waals surface area contributed by atoms with Crippen molar-refractivity contribution in [3.8, 4) is 0 Å². The molecule has 6 nitrogen and oxygen atoms in total. The first-order valence-corrected chi connectivity index (χ1v) is 13.5. The monoisotopic (exact) mass is 495 g/mol. The van der Waals surface area contributed by atoms with Crippen LogP contribution in [0.1, 0.15) is 32.3 Å². The Kier molecular flexibility index (Phi) is 7.37. The van der Waals surface area contributed by atoms with Gasteiger partial charge in [-0.15, -0.1) is 0 Å². The molecule has 2 heterocycles. The van der Waals surface area contributed by atoms with Crippen molar-refractivity contribution in [2.75, 3.05) is 19.7 Å². The molecular weight excluding hydrogens is 468 g/mol. The highest BCUT2D eigenvalue weighted by Gasteiger charge is 2.25. The van der Waals surface area contributed by atoms with E-state index in [9.17, 15) is 17.2 Å². The minimum absolute atomic E-state index is 0.0111. The Balaban J connectivity index is 1.72. The first-order chi connectivity index (χ1) is 15.8. The molecule has 1 aliphatic heterocycles. The second-order valence-corrected chi connectivity index (χ2v) is 10.7. The van der Waals surface area contributed by atoms with Gasteiger partial charge in [-0.05, 0) is 43.2 Å². The van der Waals surface area contributed by atoms with Crippen LogP contribution in [0.25, 0.3) is 11.0 Å². The summed E-state index contributed by atoms with van der Waals surface area (Å²) in [5.41, 5.74) is 1.28. The summed E-state index contributed by atoms with van der Waals surface area (Å²) in [4.78, 5) is 4.83. The van der Waals surface area contributed by atoms with E-state index in [0.717, 1.165) is 18.4 Å². The maximum absolute atomic E-state index is 14.1.